The smallest absolute Gasteiger partial charge is 0.348 e. The first-order valence-corrected chi connectivity index (χ1v) is 12.0. The number of carbonyl (C=O) groups excluding carboxylic acids is 1. The van der Waals surface area contributed by atoms with Crippen LogP contribution in [-0.4, -0.2) is 71.0 Å². The number of hydrogen-bond acceptors (Lipinski definition) is 7. The highest BCUT2D eigenvalue weighted by Crippen LogP contribution is 2.32. The topological polar surface area (TPSA) is 96.0 Å². The van der Waals surface area contributed by atoms with Crippen LogP contribution in [0.15, 0.2) is 59.3 Å². The van der Waals surface area contributed by atoms with Crippen molar-refractivity contribution in [3.8, 4) is 0 Å². The van der Waals surface area contributed by atoms with Gasteiger partial charge in [-0.15, -0.1) is 0 Å². The monoisotopic (exact) mass is 529 g/mol. The van der Waals surface area contributed by atoms with Crippen molar-refractivity contribution in [2.24, 2.45) is 0 Å². The fourth-order valence-electron chi connectivity index (χ4n) is 4.18. The van der Waals surface area contributed by atoms with E-state index in [9.17, 15) is 14.9 Å². The molecule has 0 bridgehead atoms. The van der Waals surface area contributed by atoms with Crippen molar-refractivity contribution in [1.82, 2.24) is 19.9 Å². The molecule has 1 aliphatic heterocycles. The average molecular weight is 530 g/mol. The van der Waals surface area contributed by atoms with Crippen LogP contribution in [0.3, 0.4) is 0 Å². The van der Waals surface area contributed by atoms with E-state index < -0.39 is 16.5 Å². The highest BCUT2D eigenvalue weighted by Gasteiger charge is 2.35. The van der Waals surface area contributed by atoms with E-state index in [2.05, 4.69) is 10.1 Å². The molecule has 2 aromatic carbocycles. The summed E-state index contributed by atoms with van der Waals surface area (Å²) in [6.45, 7) is 1.87. The van der Waals surface area contributed by atoms with Crippen LogP contribution in [0.5, 0.6) is 0 Å². The van der Waals surface area contributed by atoms with Gasteiger partial charge in [0, 0.05) is 62.6 Å². The van der Waals surface area contributed by atoms with Crippen LogP contribution in [0.2, 0.25) is 10.0 Å². The van der Waals surface area contributed by atoms with Crippen LogP contribution in [0.4, 0.5) is 5.69 Å². The predicted octanol–water partition coefficient (Wildman–Crippen LogP) is 4.97. The first-order chi connectivity index (χ1) is 17.2. The molecule has 1 aliphatic rings. The minimum Gasteiger partial charge on any atom is -0.383 e. The van der Waals surface area contributed by atoms with E-state index in [4.69, 9.17) is 27.7 Å². The zero-order valence-electron chi connectivity index (χ0n) is 19.8. The van der Waals surface area contributed by atoms with E-state index >= 15 is 0 Å². The summed E-state index contributed by atoms with van der Waals surface area (Å²) in [5.41, 5.74) is 1.40. The number of nitrogens with zero attached hydrogens (tertiary/aromatic N) is 5. The molecule has 0 saturated carbocycles. The van der Waals surface area contributed by atoms with E-state index in [-0.39, 0.29) is 17.5 Å². The van der Waals surface area contributed by atoms with Crippen molar-refractivity contribution in [2.75, 3.05) is 40.3 Å². The molecule has 36 heavy (non-hydrogen) atoms. The van der Waals surface area contributed by atoms with Crippen LogP contribution in [-0.2, 0) is 0 Å². The normalized spacial score (nSPS) is 14.5. The highest BCUT2D eigenvalue weighted by molar-refractivity contribution is 6.30. The molecule has 1 aromatic heterocycles. The molecule has 0 atom stereocenters. The number of carbonyl (C=O) groups is 1. The molecule has 9 nitrogen and oxygen atoms in total. The summed E-state index contributed by atoms with van der Waals surface area (Å²) < 4.78 is 5.13. The van der Waals surface area contributed by atoms with Gasteiger partial charge in [-0.1, -0.05) is 52.6 Å². The summed E-state index contributed by atoms with van der Waals surface area (Å²) in [7, 11) is 3.54. The number of piperazine rings is 1. The van der Waals surface area contributed by atoms with Gasteiger partial charge < -0.3 is 14.3 Å². The molecule has 0 unspecified atom stereocenters. The van der Waals surface area contributed by atoms with E-state index in [1.807, 2.05) is 48.5 Å². The Kier molecular flexibility index (Phi) is 7.93. The molecule has 0 N–H and O–H groups in total. The van der Waals surface area contributed by atoms with Crippen molar-refractivity contribution >= 4 is 40.9 Å². The van der Waals surface area contributed by atoms with Gasteiger partial charge in [0.05, 0.1) is 11.0 Å². The summed E-state index contributed by atoms with van der Waals surface area (Å²) in [6.07, 6.45) is 3.01. The summed E-state index contributed by atoms with van der Waals surface area (Å²) in [5, 5.41) is 16.7. The molecule has 1 fully saturated rings. The van der Waals surface area contributed by atoms with Crippen LogP contribution < -0.4 is 0 Å². The summed E-state index contributed by atoms with van der Waals surface area (Å²) in [4.78, 5) is 29.8. The predicted molar refractivity (Wildman–Crippen MR) is 138 cm³/mol. The molecule has 11 heteroatoms. The Morgan fingerprint density at radius 1 is 1.03 bits per heavy atom. The zero-order chi connectivity index (χ0) is 25.8. The van der Waals surface area contributed by atoms with E-state index in [1.165, 1.54) is 6.08 Å². The van der Waals surface area contributed by atoms with Gasteiger partial charge in [0.2, 0.25) is 11.5 Å². The zero-order valence-corrected chi connectivity index (χ0v) is 21.3. The van der Waals surface area contributed by atoms with Crippen molar-refractivity contribution in [2.45, 2.75) is 6.04 Å². The summed E-state index contributed by atoms with van der Waals surface area (Å²) in [6, 6.07) is 15.3. The van der Waals surface area contributed by atoms with Gasteiger partial charge in [-0.3, -0.25) is 19.8 Å². The third-order valence-electron chi connectivity index (χ3n) is 5.94. The van der Waals surface area contributed by atoms with Crippen molar-refractivity contribution in [3.05, 3.63) is 97.5 Å². The molecule has 1 saturated heterocycles. The third-order valence-corrected chi connectivity index (χ3v) is 6.44. The van der Waals surface area contributed by atoms with Crippen LogP contribution >= 0.6 is 23.2 Å². The van der Waals surface area contributed by atoms with Crippen molar-refractivity contribution < 1.29 is 14.2 Å². The van der Waals surface area contributed by atoms with Crippen LogP contribution in [0.25, 0.3) is 6.08 Å². The quantitative estimate of drug-likeness (QED) is 0.314. The second-order valence-corrected chi connectivity index (χ2v) is 9.49. The molecule has 188 valence electrons. The van der Waals surface area contributed by atoms with Gasteiger partial charge in [-0.05, 0) is 35.4 Å². The second-order valence-electron chi connectivity index (χ2n) is 8.61. The molecular weight excluding hydrogens is 505 g/mol. The maximum Gasteiger partial charge on any atom is 0.348 e. The Hall–Kier alpha value is -3.40. The van der Waals surface area contributed by atoms with Gasteiger partial charge in [-0.2, -0.15) is 0 Å². The fourth-order valence-corrected chi connectivity index (χ4v) is 4.43. The number of benzene rings is 2. The number of nitro groups is 1. The first kappa shape index (κ1) is 25.7. The lowest BCUT2D eigenvalue weighted by Gasteiger charge is -2.39. The molecule has 0 aliphatic carbocycles. The average Bonchev–Trinajstić information content (AvgIpc) is 3.30. The SMILES string of the molecule is CN(C)/C=C/c1onc(C(=O)N2CCN(C(c3ccc(Cl)cc3)c3ccc(Cl)cc3)CC2)c1[N+](=O)[O-]. The van der Waals surface area contributed by atoms with Gasteiger partial charge >= 0.3 is 5.69 Å². The van der Waals surface area contributed by atoms with E-state index in [0.717, 1.165) is 11.1 Å². The standard InChI is InChI=1S/C25H25Cl2N5O4/c1-29(2)12-11-21-24(32(34)35)22(28-36-21)25(33)31-15-13-30(14-16-31)23(17-3-7-19(26)8-4-17)18-5-9-20(27)10-6-18/h3-12,23H,13-16H2,1-2H3/b12-11+. The van der Waals surface area contributed by atoms with Gasteiger partial charge in [-0.25, -0.2) is 0 Å². The van der Waals surface area contributed by atoms with Crippen molar-refractivity contribution in [3.63, 3.8) is 0 Å². The van der Waals surface area contributed by atoms with E-state index in [1.54, 1.807) is 30.1 Å². The molecule has 3 aromatic rings. The van der Waals surface area contributed by atoms with Crippen LogP contribution in [0.1, 0.15) is 33.4 Å². The Labute approximate surface area is 218 Å². The molecule has 0 radical (unpaired) electrons. The Balaban J connectivity index is 1.54. The van der Waals surface area contributed by atoms with Crippen molar-refractivity contribution in [1.29, 1.82) is 0 Å². The number of amides is 1. The van der Waals surface area contributed by atoms with Gasteiger partial charge in [0.1, 0.15) is 0 Å². The maximum absolute atomic E-state index is 13.2. The lowest BCUT2D eigenvalue weighted by Crippen LogP contribution is -2.50. The fraction of sp³-hybridized carbons (Fsp3) is 0.280. The number of hydrogen-bond donors (Lipinski definition) is 0. The molecule has 1 amide bonds. The molecule has 4 rings (SSSR count). The van der Waals surface area contributed by atoms with E-state index in [0.29, 0.717) is 36.2 Å². The van der Waals surface area contributed by atoms with Gasteiger partial charge in [0.25, 0.3) is 5.91 Å². The van der Waals surface area contributed by atoms with Gasteiger partial charge in [0.15, 0.2) is 0 Å². The van der Waals surface area contributed by atoms with Crippen LogP contribution in [0, 0.1) is 10.1 Å². The maximum atomic E-state index is 13.2. The second kappa shape index (κ2) is 11.1. The Morgan fingerprint density at radius 2 is 1.56 bits per heavy atom. The summed E-state index contributed by atoms with van der Waals surface area (Å²) >= 11 is 12.2. The Bertz CT molecular complexity index is 1200. The molecule has 2 heterocycles. The minimum atomic E-state index is -0.633. The first-order valence-electron chi connectivity index (χ1n) is 11.3. The number of rotatable bonds is 7. The molecule has 0 spiro atoms. The number of aromatic nitrogens is 1. The summed E-state index contributed by atoms with van der Waals surface area (Å²) in [5.74, 6) is -0.592. The molecular formula is C25H25Cl2N5O4. The minimum absolute atomic E-state index is 0.0683. The largest absolute Gasteiger partial charge is 0.383 e. The third kappa shape index (κ3) is 5.70. The highest BCUT2D eigenvalue weighted by atomic mass is 35.5. The number of halogens is 2. The lowest BCUT2D eigenvalue weighted by atomic mass is 9.96. The Morgan fingerprint density at radius 3 is 2.03 bits per heavy atom. The lowest BCUT2D eigenvalue weighted by molar-refractivity contribution is -0.385.